The predicted molar refractivity (Wildman–Crippen MR) is 98.1 cm³/mol. The Morgan fingerprint density at radius 3 is 2.38 bits per heavy atom. The lowest BCUT2D eigenvalue weighted by Gasteiger charge is -2.21. The van der Waals surface area contributed by atoms with E-state index >= 15 is 0 Å². The predicted octanol–water partition coefficient (Wildman–Crippen LogP) is 3.24. The fourth-order valence-corrected chi connectivity index (χ4v) is 2.31. The van der Waals surface area contributed by atoms with Gasteiger partial charge in [0.1, 0.15) is 23.6 Å². The summed E-state index contributed by atoms with van der Waals surface area (Å²) in [6, 6.07) is 9.23. The Bertz CT molecular complexity index is 745. The minimum Gasteiger partial charge on any atom is -0.497 e. The van der Waals surface area contributed by atoms with Gasteiger partial charge in [0.25, 0.3) is 5.91 Å². The second kappa shape index (κ2) is 9.20. The van der Waals surface area contributed by atoms with E-state index in [9.17, 15) is 9.59 Å². The first-order valence-corrected chi connectivity index (χ1v) is 8.50. The van der Waals surface area contributed by atoms with E-state index in [0.29, 0.717) is 22.0 Å². The van der Waals surface area contributed by atoms with Crippen LogP contribution in [0.25, 0.3) is 0 Å². The van der Waals surface area contributed by atoms with Gasteiger partial charge in [0.15, 0.2) is 0 Å². The normalized spacial score (nSPS) is 11.7. The van der Waals surface area contributed by atoms with Crippen LogP contribution in [0.5, 0.6) is 5.75 Å². The number of ether oxygens (including phenoxy) is 2. The van der Waals surface area contributed by atoms with Crippen molar-refractivity contribution in [3.8, 4) is 5.75 Å². The molecule has 1 aromatic carbocycles. The van der Waals surface area contributed by atoms with Gasteiger partial charge in [-0.25, -0.2) is 9.78 Å². The van der Waals surface area contributed by atoms with Crippen molar-refractivity contribution < 1.29 is 19.1 Å². The summed E-state index contributed by atoms with van der Waals surface area (Å²) in [6.07, 6.45) is 1.54. The Morgan fingerprint density at radius 1 is 1.15 bits per heavy atom. The van der Waals surface area contributed by atoms with E-state index in [4.69, 9.17) is 21.1 Å². The highest BCUT2D eigenvalue weighted by Crippen LogP contribution is 2.13. The van der Waals surface area contributed by atoms with Crippen LogP contribution in [-0.2, 0) is 16.1 Å². The molecule has 6 nitrogen and oxygen atoms in total. The van der Waals surface area contributed by atoms with Gasteiger partial charge < -0.3 is 14.8 Å². The number of benzene rings is 1. The minimum absolute atomic E-state index is 0.0601. The van der Waals surface area contributed by atoms with E-state index in [1.54, 1.807) is 43.5 Å². The van der Waals surface area contributed by atoms with E-state index < -0.39 is 12.0 Å². The molecule has 7 heteroatoms. The van der Waals surface area contributed by atoms with Gasteiger partial charge in [-0.05, 0) is 36.2 Å². The number of rotatable bonds is 7. The number of pyridine rings is 1. The van der Waals surface area contributed by atoms with Gasteiger partial charge in [-0.2, -0.15) is 0 Å². The summed E-state index contributed by atoms with van der Waals surface area (Å²) < 4.78 is 10.4. The van der Waals surface area contributed by atoms with E-state index in [2.05, 4.69) is 10.3 Å². The minimum atomic E-state index is -0.759. The van der Waals surface area contributed by atoms with Crippen molar-refractivity contribution in [3.05, 3.63) is 58.9 Å². The zero-order valence-corrected chi connectivity index (χ0v) is 15.6. The monoisotopic (exact) mass is 376 g/mol. The molecule has 1 N–H and O–H groups in total. The molecule has 0 aliphatic rings. The Hall–Kier alpha value is -2.60. The smallest absolute Gasteiger partial charge is 0.329 e. The van der Waals surface area contributed by atoms with E-state index in [1.165, 1.54) is 6.20 Å². The van der Waals surface area contributed by atoms with Crippen LogP contribution < -0.4 is 10.1 Å². The number of esters is 1. The van der Waals surface area contributed by atoms with Crippen LogP contribution in [0.4, 0.5) is 0 Å². The number of halogens is 1. The first kappa shape index (κ1) is 19.7. The Kier molecular flexibility index (Phi) is 6.97. The van der Waals surface area contributed by atoms with E-state index in [-0.39, 0.29) is 18.4 Å². The van der Waals surface area contributed by atoms with Crippen LogP contribution in [0, 0.1) is 5.92 Å². The maximum atomic E-state index is 12.4. The fraction of sp³-hybridized carbons (Fsp3) is 0.316. The number of hydrogen-bond acceptors (Lipinski definition) is 5. The largest absolute Gasteiger partial charge is 0.497 e. The number of methoxy groups -OCH3 is 1. The molecule has 138 valence electrons. The zero-order chi connectivity index (χ0) is 19.1. The van der Waals surface area contributed by atoms with Gasteiger partial charge in [-0.1, -0.05) is 31.5 Å². The summed E-state index contributed by atoms with van der Waals surface area (Å²) in [5.74, 6) is -0.334. The number of nitrogens with zero attached hydrogens (tertiary/aromatic N) is 1. The molecule has 1 aromatic heterocycles. The van der Waals surface area contributed by atoms with E-state index in [1.807, 2.05) is 13.8 Å². The van der Waals surface area contributed by atoms with Crippen molar-refractivity contribution in [1.29, 1.82) is 0 Å². The Labute approximate surface area is 157 Å². The molecule has 26 heavy (non-hydrogen) atoms. The second-order valence-electron chi connectivity index (χ2n) is 6.02. The number of nitrogens with one attached hydrogen (secondary N) is 1. The van der Waals surface area contributed by atoms with Gasteiger partial charge >= 0.3 is 5.97 Å². The third-order valence-corrected chi connectivity index (χ3v) is 3.95. The zero-order valence-electron chi connectivity index (χ0n) is 14.9. The first-order valence-electron chi connectivity index (χ1n) is 8.12. The van der Waals surface area contributed by atoms with Crippen molar-refractivity contribution in [1.82, 2.24) is 10.3 Å². The molecule has 2 rings (SSSR count). The van der Waals surface area contributed by atoms with Gasteiger partial charge in [0.05, 0.1) is 7.11 Å². The highest BCUT2D eigenvalue weighted by Gasteiger charge is 2.26. The van der Waals surface area contributed by atoms with Gasteiger partial charge in [-0.3, -0.25) is 4.79 Å². The molecule has 0 spiro atoms. The van der Waals surface area contributed by atoms with Gasteiger partial charge in [0.2, 0.25) is 0 Å². The molecule has 0 saturated carbocycles. The van der Waals surface area contributed by atoms with E-state index in [0.717, 1.165) is 0 Å². The third kappa shape index (κ3) is 5.46. The lowest BCUT2D eigenvalue weighted by molar-refractivity contribution is -0.148. The van der Waals surface area contributed by atoms with Crippen LogP contribution >= 0.6 is 11.6 Å². The van der Waals surface area contributed by atoms with Gasteiger partial charge in [-0.15, -0.1) is 0 Å². The maximum absolute atomic E-state index is 12.4. The van der Waals surface area contributed by atoms with Crippen LogP contribution in [-0.4, -0.2) is 30.0 Å². The van der Waals surface area contributed by atoms with Crippen molar-refractivity contribution >= 4 is 23.5 Å². The quantitative estimate of drug-likeness (QED) is 0.593. The molecular weight excluding hydrogens is 356 g/mol. The fourth-order valence-electron chi connectivity index (χ4n) is 2.20. The third-order valence-electron chi connectivity index (χ3n) is 3.73. The molecule has 0 aliphatic carbocycles. The topological polar surface area (TPSA) is 77.5 Å². The molecule has 0 unspecified atom stereocenters. The number of amides is 1. The SMILES string of the molecule is COc1ccc(C(=O)N[C@H](C(=O)OCc2ccc(Cl)nc2)C(C)C)cc1. The van der Waals surface area contributed by atoms with Crippen LogP contribution in [0.1, 0.15) is 29.8 Å². The highest BCUT2D eigenvalue weighted by atomic mass is 35.5. The average molecular weight is 377 g/mol. The first-order chi connectivity index (χ1) is 12.4. The summed E-state index contributed by atoms with van der Waals surface area (Å²) in [7, 11) is 1.55. The molecule has 0 bridgehead atoms. The molecule has 2 aromatic rings. The molecular formula is C19H21ClN2O4. The Morgan fingerprint density at radius 2 is 1.85 bits per heavy atom. The second-order valence-corrected chi connectivity index (χ2v) is 6.41. The van der Waals surface area contributed by atoms with Crippen molar-refractivity contribution in [2.24, 2.45) is 5.92 Å². The van der Waals surface area contributed by atoms with Gasteiger partial charge in [0, 0.05) is 17.3 Å². The Balaban J connectivity index is 1.98. The van der Waals surface area contributed by atoms with Crippen LogP contribution in [0.15, 0.2) is 42.6 Å². The molecule has 1 atom stereocenters. The molecule has 0 radical (unpaired) electrons. The molecule has 0 fully saturated rings. The lowest BCUT2D eigenvalue weighted by Crippen LogP contribution is -2.45. The molecule has 1 amide bonds. The summed E-state index contributed by atoms with van der Waals surface area (Å²) in [5, 5.41) is 3.09. The van der Waals surface area contributed by atoms with Crippen LogP contribution in [0.3, 0.4) is 0 Å². The summed E-state index contributed by atoms with van der Waals surface area (Å²) in [5.41, 5.74) is 1.15. The lowest BCUT2D eigenvalue weighted by atomic mass is 10.0. The summed E-state index contributed by atoms with van der Waals surface area (Å²) >= 11 is 5.73. The number of aromatic nitrogens is 1. The van der Waals surface area contributed by atoms with Crippen LogP contribution in [0.2, 0.25) is 5.15 Å². The summed E-state index contributed by atoms with van der Waals surface area (Å²) in [4.78, 5) is 28.7. The maximum Gasteiger partial charge on any atom is 0.329 e. The highest BCUT2D eigenvalue weighted by molar-refractivity contribution is 6.29. The molecule has 0 aliphatic heterocycles. The number of carbonyl (C=O) groups excluding carboxylic acids is 2. The average Bonchev–Trinajstić information content (AvgIpc) is 2.65. The number of hydrogen-bond donors (Lipinski definition) is 1. The van der Waals surface area contributed by atoms with Crippen molar-refractivity contribution in [3.63, 3.8) is 0 Å². The molecule has 1 heterocycles. The van der Waals surface area contributed by atoms with Crippen molar-refractivity contribution in [2.75, 3.05) is 7.11 Å². The number of carbonyl (C=O) groups is 2. The van der Waals surface area contributed by atoms with Crippen molar-refractivity contribution in [2.45, 2.75) is 26.5 Å². The summed E-state index contributed by atoms with van der Waals surface area (Å²) in [6.45, 7) is 3.73. The molecule has 0 saturated heterocycles. The standard InChI is InChI=1S/C19H21ClN2O4/c1-12(2)17(19(24)26-11-13-4-9-16(20)21-10-13)22-18(23)14-5-7-15(25-3)8-6-14/h4-10,12,17H,11H2,1-3H3,(H,22,23)/t17-/m0/s1.